The van der Waals surface area contributed by atoms with Gasteiger partial charge in [0.2, 0.25) is 0 Å². The minimum atomic E-state index is -0.546. The molecule has 0 radical (unpaired) electrons. The van der Waals surface area contributed by atoms with Gasteiger partial charge in [-0.1, -0.05) is 32.9 Å². The van der Waals surface area contributed by atoms with Gasteiger partial charge < -0.3 is 14.8 Å². The van der Waals surface area contributed by atoms with Crippen LogP contribution in [0.15, 0.2) is 48.5 Å². The van der Waals surface area contributed by atoms with Crippen LogP contribution in [0.2, 0.25) is 0 Å². The van der Waals surface area contributed by atoms with E-state index in [4.69, 9.17) is 9.47 Å². The fraction of sp³-hybridized carbons (Fsp3) is 0.348. The molecule has 0 aliphatic rings. The molecule has 0 aliphatic heterocycles. The minimum absolute atomic E-state index is 0.0122. The third-order valence-corrected chi connectivity index (χ3v) is 4.40. The average Bonchev–Trinajstić information content (AvgIpc) is 2.71. The van der Waals surface area contributed by atoms with Gasteiger partial charge in [0.1, 0.15) is 5.75 Å². The van der Waals surface area contributed by atoms with Gasteiger partial charge in [-0.05, 0) is 47.4 Å². The molecule has 0 fully saturated rings. The number of carbonyl (C=O) groups is 3. The summed E-state index contributed by atoms with van der Waals surface area (Å²) in [5.74, 6) is -0.464. The fourth-order valence-electron chi connectivity index (χ4n) is 2.58. The summed E-state index contributed by atoms with van der Waals surface area (Å²) >= 11 is 0. The Hall–Kier alpha value is -3.15. The molecule has 0 heterocycles. The maximum atomic E-state index is 12.2. The molecule has 2 aromatic rings. The molecule has 2 rings (SSSR count). The van der Waals surface area contributed by atoms with Crippen molar-refractivity contribution in [2.45, 2.75) is 32.6 Å². The van der Waals surface area contributed by atoms with Crippen molar-refractivity contribution in [3.05, 3.63) is 65.2 Å². The molecule has 0 spiro atoms. The molecule has 0 aliphatic carbocycles. The summed E-state index contributed by atoms with van der Waals surface area (Å²) in [5, 5.41) is 2.68. The molecule has 0 bridgehead atoms. The van der Waals surface area contributed by atoms with Crippen LogP contribution in [0.3, 0.4) is 0 Å². The normalized spacial score (nSPS) is 10.9. The van der Waals surface area contributed by atoms with Gasteiger partial charge in [-0.15, -0.1) is 0 Å². The van der Waals surface area contributed by atoms with Crippen LogP contribution in [0.5, 0.6) is 5.75 Å². The number of esters is 1. The molecular formula is C23H27NO5. The Morgan fingerprint density at radius 1 is 0.897 bits per heavy atom. The summed E-state index contributed by atoms with van der Waals surface area (Å²) in [6, 6.07) is 13.9. The SMILES string of the molecule is COc1ccc(C(=O)COC(=O)CCNC(=O)c2ccc(C(C)(C)C)cc2)cc1. The van der Waals surface area contributed by atoms with Crippen LogP contribution in [0.1, 0.15) is 53.5 Å². The molecule has 6 heteroatoms. The Kier molecular flexibility index (Phi) is 7.53. The molecule has 6 nitrogen and oxygen atoms in total. The first kappa shape index (κ1) is 22.1. The number of methoxy groups -OCH3 is 1. The van der Waals surface area contributed by atoms with Crippen molar-refractivity contribution in [2.24, 2.45) is 0 Å². The lowest BCUT2D eigenvalue weighted by atomic mass is 9.87. The molecule has 2 aromatic carbocycles. The summed E-state index contributed by atoms with van der Waals surface area (Å²) in [4.78, 5) is 36.0. The third kappa shape index (κ3) is 6.75. The van der Waals surface area contributed by atoms with Crippen LogP contribution in [0.4, 0.5) is 0 Å². The van der Waals surface area contributed by atoms with E-state index >= 15 is 0 Å². The number of hydrogen-bond donors (Lipinski definition) is 1. The van der Waals surface area contributed by atoms with E-state index in [0.717, 1.165) is 5.56 Å². The Bertz CT molecular complexity index is 848. The molecule has 0 saturated heterocycles. The smallest absolute Gasteiger partial charge is 0.308 e. The highest BCUT2D eigenvalue weighted by Crippen LogP contribution is 2.22. The number of hydrogen-bond acceptors (Lipinski definition) is 5. The molecule has 29 heavy (non-hydrogen) atoms. The van der Waals surface area contributed by atoms with Gasteiger partial charge in [0.25, 0.3) is 5.91 Å². The van der Waals surface area contributed by atoms with Crippen LogP contribution >= 0.6 is 0 Å². The van der Waals surface area contributed by atoms with Crippen LogP contribution < -0.4 is 10.1 Å². The van der Waals surface area contributed by atoms with Crippen molar-refractivity contribution in [3.63, 3.8) is 0 Å². The highest BCUT2D eigenvalue weighted by Gasteiger charge is 2.15. The molecule has 0 saturated carbocycles. The predicted molar refractivity (Wildman–Crippen MR) is 110 cm³/mol. The first-order chi connectivity index (χ1) is 13.7. The van der Waals surface area contributed by atoms with Gasteiger partial charge in [-0.2, -0.15) is 0 Å². The van der Waals surface area contributed by atoms with E-state index in [1.165, 1.54) is 7.11 Å². The van der Waals surface area contributed by atoms with Gasteiger partial charge in [0.05, 0.1) is 13.5 Å². The third-order valence-electron chi connectivity index (χ3n) is 4.40. The van der Waals surface area contributed by atoms with Gasteiger partial charge >= 0.3 is 5.97 Å². The van der Waals surface area contributed by atoms with Gasteiger partial charge in [-0.3, -0.25) is 14.4 Å². The second kappa shape index (κ2) is 9.87. The molecule has 1 N–H and O–H groups in total. The molecule has 1 amide bonds. The lowest BCUT2D eigenvalue weighted by Crippen LogP contribution is -2.27. The van der Waals surface area contributed by atoms with Gasteiger partial charge in [0, 0.05) is 17.7 Å². The lowest BCUT2D eigenvalue weighted by molar-refractivity contribution is -0.142. The van der Waals surface area contributed by atoms with E-state index < -0.39 is 5.97 Å². The molecule has 0 aromatic heterocycles. The predicted octanol–water partition coefficient (Wildman–Crippen LogP) is 3.54. The number of benzene rings is 2. The molecular weight excluding hydrogens is 370 g/mol. The Morgan fingerprint density at radius 3 is 2.03 bits per heavy atom. The fourth-order valence-corrected chi connectivity index (χ4v) is 2.58. The van der Waals surface area contributed by atoms with E-state index in [1.54, 1.807) is 36.4 Å². The summed E-state index contributed by atoms with van der Waals surface area (Å²) in [7, 11) is 1.54. The maximum absolute atomic E-state index is 12.2. The Balaban J connectivity index is 1.73. The summed E-state index contributed by atoms with van der Waals surface area (Å²) in [6.07, 6.45) is -0.0122. The topological polar surface area (TPSA) is 81.7 Å². The van der Waals surface area contributed by atoms with E-state index in [-0.39, 0.29) is 36.7 Å². The van der Waals surface area contributed by atoms with Crippen molar-refractivity contribution in [1.82, 2.24) is 5.32 Å². The Morgan fingerprint density at radius 2 is 1.48 bits per heavy atom. The number of nitrogens with one attached hydrogen (secondary N) is 1. The van der Waals surface area contributed by atoms with Crippen molar-refractivity contribution in [2.75, 3.05) is 20.3 Å². The van der Waals surface area contributed by atoms with Crippen LogP contribution in [0.25, 0.3) is 0 Å². The first-order valence-electron chi connectivity index (χ1n) is 9.42. The van der Waals surface area contributed by atoms with E-state index in [0.29, 0.717) is 16.9 Å². The number of ether oxygens (including phenoxy) is 2. The van der Waals surface area contributed by atoms with E-state index in [9.17, 15) is 14.4 Å². The van der Waals surface area contributed by atoms with Crippen LogP contribution in [-0.2, 0) is 14.9 Å². The average molecular weight is 397 g/mol. The van der Waals surface area contributed by atoms with Crippen molar-refractivity contribution in [3.8, 4) is 5.75 Å². The second-order valence-electron chi connectivity index (χ2n) is 7.65. The second-order valence-corrected chi connectivity index (χ2v) is 7.65. The number of rotatable bonds is 8. The Labute approximate surface area is 171 Å². The zero-order chi connectivity index (χ0) is 21.4. The summed E-state index contributed by atoms with van der Waals surface area (Å²) < 4.78 is 10.0. The van der Waals surface area contributed by atoms with Crippen LogP contribution in [0, 0.1) is 0 Å². The quantitative estimate of drug-likeness (QED) is 0.544. The summed E-state index contributed by atoms with van der Waals surface area (Å²) in [6.45, 7) is 6.11. The molecule has 0 atom stereocenters. The standard InChI is InChI=1S/C23H27NO5/c1-23(2,3)18-9-5-17(6-10-18)22(27)24-14-13-21(26)29-15-20(25)16-7-11-19(28-4)12-8-16/h5-12H,13-15H2,1-4H3,(H,24,27). The van der Waals surface area contributed by atoms with Crippen molar-refractivity contribution in [1.29, 1.82) is 0 Å². The van der Waals surface area contributed by atoms with E-state index in [2.05, 4.69) is 26.1 Å². The molecule has 0 unspecified atom stereocenters. The summed E-state index contributed by atoms with van der Waals surface area (Å²) in [5.41, 5.74) is 2.12. The van der Waals surface area contributed by atoms with Crippen molar-refractivity contribution < 1.29 is 23.9 Å². The molecule has 154 valence electrons. The number of Topliss-reactive ketones (excluding diaryl/α,β-unsaturated/α-hetero) is 1. The maximum Gasteiger partial charge on any atom is 0.308 e. The largest absolute Gasteiger partial charge is 0.497 e. The zero-order valence-corrected chi connectivity index (χ0v) is 17.3. The van der Waals surface area contributed by atoms with Crippen molar-refractivity contribution >= 4 is 17.7 Å². The van der Waals surface area contributed by atoms with E-state index in [1.807, 2.05) is 12.1 Å². The number of amides is 1. The number of carbonyl (C=O) groups excluding carboxylic acids is 3. The first-order valence-corrected chi connectivity index (χ1v) is 9.42. The van der Waals surface area contributed by atoms with Crippen LogP contribution in [-0.4, -0.2) is 37.9 Å². The zero-order valence-electron chi connectivity index (χ0n) is 17.3. The highest BCUT2D eigenvalue weighted by molar-refractivity contribution is 5.98. The number of ketones is 1. The lowest BCUT2D eigenvalue weighted by Gasteiger charge is -2.19. The van der Waals surface area contributed by atoms with Gasteiger partial charge in [-0.25, -0.2) is 0 Å². The highest BCUT2D eigenvalue weighted by atomic mass is 16.5. The minimum Gasteiger partial charge on any atom is -0.497 e. The van der Waals surface area contributed by atoms with Gasteiger partial charge in [0.15, 0.2) is 12.4 Å². The monoisotopic (exact) mass is 397 g/mol.